The summed E-state index contributed by atoms with van der Waals surface area (Å²) in [4.78, 5) is 0. The Bertz CT molecular complexity index is 510. The van der Waals surface area contributed by atoms with Crippen LogP contribution in [-0.2, 0) is 6.54 Å². The fourth-order valence-corrected chi connectivity index (χ4v) is 1.79. The van der Waals surface area contributed by atoms with Crippen LogP contribution in [0.25, 0.3) is 11.3 Å². The minimum Gasteiger partial charge on any atom is -0.313 e. The summed E-state index contributed by atoms with van der Waals surface area (Å²) < 4.78 is 13.1. The minimum absolute atomic E-state index is 0.117. The first-order valence-corrected chi connectivity index (χ1v) is 5.78. The third-order valence-electron chi connectivity index (χ3n) is 2.49. The second-order valence-electron chi connectivity index (χ2n) is 3.68. The predicted molar refractivity (Wildman–Crippen MR) is 66.4 cm³/mol. The molecule has 0 atom stereocenters. The molecule has 0 saturated heterocycles. The van der Waals surface area contributed by atoms with E-state index in [0.717, 1.165) is 29.9 Å². The molecular formula is C12H13ClFN3. The van der Waals surface area contributed by atoms with E-state index in [2.05, 4.69) is 15.5 Å². The molecule has 0 unspecified atom stereocenters. The molecular weight excluding hydrogens is 241 g/mol. The zero-order valence-electron chi connectivity index (χ0n) is 9.43. The van der Waals surface area contributed by atoms with Gasteiger partial charge in [-0.3, -0.25) is 5.10 Å². The van der Waals surface area contributed by atoms with Crippen molar-refractivity contribution in [3.05, 3.63) is 40.8 Å². The van der Waals surface area contributed by atoms with E-state index in [1.807, 2.05) is 6.92 Å². The SMILES string of the molecule is CCNCc1cn[nH]c1-c1ccc(F)c(Cl)c1. The molecule has 1 heterocycles. The molecule has 0 bridgehead atoms. The maximum Gasteiger partial charge on any atom is 0.141 e. The van der Waals surface area contributed by atoms with E-state index in [1.165, 1.54) is 6.07 Å². The van der Waals surface area contributed by atoms with Gasteiger partial charge in [0, 0.05) is 17.7 Å². The van der Waals surface area contributed by atoms with Gasteiger partial charge in [-0.15, -0.1) is 0 Å². The van der Waals surface area contributed by atoms with E-state index in [1.54, 1.807) is 18.3 Å². The highest BCUT2D eigenvalue weighted by Crippen LogP contribution is 2.25. The van der Waals surface area contributed by atoms with Crippen LogP contribution in [0.4, 0.5) is 4.39 Å². The molecule has 2 rings (SSSR count). The summed E-state index contributed by atoms with van der Waals surface area (Å²) in [6.45, 7) is 3.64. The van der Waals surface area contributed by atoms with Crippen molar-refractivity contribution in [1.29, 1.82) is 0 Å². The van der Waals surface area contributed by atoms with Gasteiger partial charge in [-0.2, -0.15) is 5.10 Å². The number of rotatable bonds is 4. The third kappa shape index (κ3) is 2.65. The molecule has 90 valence electrons. The molecule has 5 heteroatoms. The molecule has 0 saturated carbocycles. The van der Waals surface area contributed by atoms with Crippen LogP contribution in [0.1, 0.15) is 12.5 Å². The number of nitrogens with one attached hydrogen (secondary N) is 2. The number of benzene rings is 1. The van der Waals surface area contributed by atoms with Crippen molar-refractivity contribution in [3.8, 4) is 11.3 Å². The van der Waals surface area contributed by atoms with Crippen LogP contribution in [-0.4, -0.2) is 16.7 Å². The summed E-state index contributed by atoms with van der Waals surface area (Å²) in [5.74, 6) is -0.414. The molecule has 0 aliphatic rings. The molecule has 1 aromatic carbocycles. The summed E-state index contributed by atoms with van der Waals surface area (Å²) in [5.41, 5.74) is 2.74. The average molecular weight is 254 g/mol. The van der Waals surface area contributed by atoms with Gasteiger partial charge in [-0.25, -0.2) is 4.39 Å². The molecule has 3 nitrogen and oxygen atoms in total. The number of hydrogen-bond acceptors (Lipinski definition) is 2. The first-order chi connectivity index (χ1) is 8.22. The molecule has 0 radical (unpaired) electrons. The van der Waals surface area contributed by atoms with Gasteiger partial charge in [-0.05, 0) is 24.7 Å². The molecule has 0 aliphatic carbocycles. The lowest BCUT2D eigenvalue weighted by Gasteiger charge is -2.04. The quantitative estimate of drug-likeness (QED) is 0.880. The molecule has 1 aromatic heterocycles. The molecule has 2 N–H and O–H groups in total. The Balaban J connectivity index is 2.32. The van der Waals surface area contributed by atoms with E-state index in [-0.39, 0.29) is 5.02 Å². The Morgan fingerprint density at radius 1 is 1.47 bits per heavy atom. The highest BCUT2D eigenvalue weighted by molar-refractivity contribution is 6.31. The number of halogens is 2. The molecule has 0 aliphatic heterocycles. The van der Waals surface area contributed by atoms with Gasteiger partial charge in [0.2, 0.25) is 0 Å². The zero-order valence-corrected chi connectivity index (χ0v) is 10.2. The summed E-state index contributed by atoms with van der Waals surface area (Å²) in [6.07, 6.45) is 1.76. The predicted octanol–water partition coefficient (Wildman–Crippen LogP) is 2.98. The average Bonchev–Trinajstić information content (AvgIpc) is 2.78. The molecule has 2 aromatic rings. The monoisotopic (exact) mass is 253 g/mol. The number of aromatic nitrogens is 2. The molecule has 0 fully saturated rings. The summed E-state index contributed by atoms with van der Waals surface area (Å²) in [7, 11) is 0. The Morgan fingerprint density at radius 2 is 2.29 bits per heavy atom. The number of aromatic amines is 1. The fourth-order valence-electron chi connectivity index (χ4n) is 1.61. The largest absolute Gasteiger partial charge is 0.313 e. The topological polar surface area (TPSA) is 40.7 Å². The second kappa shape index (κ2) is 5.29. The smallest absolute Gasteiger partial charge is 0.141 e. The lowest BCUT2D eigenvalue weighted by molar-refractivity contribution is 0.628. The number of H-pyrrole nitrogens is 1. The fraction of sp³-hybridized carbons (Fsp3) is 0.250. The van der Waals surface area contributed by atoms with Gasteiger partial charge >= 0.3 is 0 Å². The Kier molecular flexibility index (Phi) is 3.76. The summed E-state index contributed by atoms with van der Waals surface area (Å²) in [6, 6.07) is 4.64. The first kappa shape index (κ1) is 12.1. The van der Waals surface area contributed by atoms with Crippen LogP contribution >= 0.6 is 11.6 Å². The van der Waals surface area contributed by atoms with Crippen LogP contribution in [0, 0.1) is 5.82 Å². The van der Waals surface area contributed by atoms with Crippen molar-refractivity contribution in [1.82, 2.24) is 15.5 Å². The Morgan fingerprint density at radius 3 is 3.00 bits per heavy atom. The highest BCUT2D eigenvalue weighted by Gasteiger charge is 2.09. The molecule has 0 spiro atoms. The van der Waals surface area contributed by atoms with Crippen molar-refractivity contribution < 1.29 is 4.39 Å². The van der Waals surface area contributed by atoms with Gasteiger partial charge in [0.05, 0.1) is 16.9 Å². The molecule has 17 heavy (non-hydrogen) atoms. The maximum absolute atomic E-state index is 13.1. The van der Waals surface area contributed by atoms with Crippen molar-refractivity contribution in [3.63, 3.8) is 0 Å². The van der Waals surface area contributed by atoms with Crippen molar-refractivity contribution >= 4 is 11.6 Å². The van der Waals surface area contributed by atoms with Crippen molar-refractivity contribution in [2.24, 2.45) is 0 Å². The van der Waals surface area contributed by atoms with E-state index in [9.17, 15) is 4.39 Å². The van der Waals surface area contributed by atoms with Crippen LogP contribution in [0.3, 0.4) is 0 Å². The van der Waals surface area contributed by atoms with Crippen LogP contribution in [0.5, 0.6) is 0 Å². The van der Waals surface area contributed by atoms with E-state index in [4.69, 9.17) is 11.6 Å². The summed E-state index contributed by atoms with van der Waals surface area (Å²) >= 11 is 5.76. The van der Waals surface area contributed by atoms with Crippen LogP contribution in [0.2, 0.25) is 5.02 Å². The lowest BCUT2D eigenvalue weighted by atomic mass is 10.1. The Hall–Kier alpha value is -1.39. The second-order valence-corrected chi connectivity index (χ2v) is 4.09. The highest BCUT2D eigenvalue weighted by atomic mass is 35.5. The Labute approximate surface area is 104 Å². The van der Waals surface area contributed by atoms with E-state index in [0.29, 0.717) is 0 Å². The lowest BCUT2D eigenvalue weighted by Crippen LogP contribution is -2.11. The van der Waals surface area contributed by atoms with E-state index >= 15 is 0 Å². The standard InChI is InChI=1S/C12H13ClFN3/c1-2-15-6-9-7-16-17-12(9)8-3-4-11(14)10(13)5-8/h3-5,7,15H,2,6H2,1H3,(H,16,17). The maximum atomic E-state index is 13.1. The van der Waals surface area contributed by atoms with Crippen molar-refractivity contribution in [2.45, 2.75) is 13.5 Å². The number of hydrogen-bond donors (Lipinski definition) is 2. The van der Waals surface area contributed by atoms with Gasteiger partial charge in [-0.1, -0.05) is 18.5 Å². The van der Waals surface area contributed by atoms with Crippen LogP contribution < -0.4 is 5.32 Å². The minimum atomic E-state index is -0.414. The number of nitrogens with zero attached hydrogens (tertiary/aromatic N) is 1. The third-order valence-corrected chi connectivity index (χ3v) is 2.78. The van der Waals surface area contributed by atoms with Gasteiger partial charge < -0.3 is 5.32 Å². The molecule has 0 amide bonds. The van der Waals surface area contributed by atoms with Gasteiger partial charge in [0.15, 0.2) is 0 Å². The van der Waals surface area contributed by atoms with Gasteiger partial charge in [0.1, 0.15) is 5.82 Å². The normalized spacial score (nSPS) is 10.8. The zero-order chi connectivity index (χ0) is 12.3. The van der Waals surface area contributed by atoms with Gasteiger partial charge in [0.25, 0.3) is 0 Å². The first-order valence-electron chi connectivity index (χ1n) is 5.40. The van der Waals surface area contributed by atoms with Crippen molar-refractivity contribution in [2.75, 3.05) is 6.54 Å². The van der Waals surface area contributed by atoms with E-state index < -0.39 is 5.82 Å². The summed E-state index contributed by atoms with van der Waals surface area (Å²) in [5, 5.41) is 10.2. The van der Waals surface area contributed by atoms with Crippen LogP contribution in [0.15, 0.2) is 24.4 Å².